The number of amides is 1. The molecular formula is C18H20BrN3O2. The van der Waals surface area contributed by atoms with E-state index in [1.165, 1.54) is 6.07 Å². The highest BCUT2D eigenvalue weighted by Gasteiger charge is 2.32. The lowest BCUT2D eigenvalue weighted by Crippen LogP contribution is -2.33. The molecule has 2 aliphatic heterocycles. The first-order valence-corrected chi connectivity index (χ1v) is 9.24. The first-order chi connectivity index (χ1) is 11.6. The summed E-state index contributed by atoms with van der Waals surface area (Å²) < 4.78 is 0.795. The summed E-state index contributed by atoms with van der Waals surface area (Å²) in [6.07, 6.45) is 2.07. The molecule has 2 fully saturated rings. The van der Waals surface area contributed by atoms with Gasteiger partial charge in [0.2, 0.25) is 5.56 Å². The highest BCUT2D eigenvalue weighted by Crippen LogP contribution is 2.29. The van der Waals surface area contributed by atoms with E-state index in [1.807, 2.05) is 23.1 Å². The number of benzene rings is 1. The standard InChI is InChI=1S/C18H20BrN3O2/c19-15-3-1-2-13-14(8-16(23)21-17(13)15)18(24)22-6-4-11-9-20-10-12(11)5-7-22/h1-3,8,11-12,20H,4-7,9-10H2,(H,21,23)/t11-,12+. The van der Waals surface area contributed by atoms with Crippen molar-refractivity contribution in [2.24, 2.45) is 11.8 Å². The van der Waals surface area contributed by atoms with Crippen LogP contribution in [0.5, 0.6) is 0 Å². The number of aromatic nitrogens is 1. The lowest BCUT2D eigenvalue weighted by molar-refractivity contribution is 0.0760. The maximum atomic E-state index is 13.1. The number of nitrogens with zero attached hydrogens (tertiary/aromatic N) is 1. The second-order valence-electron chi connectivity index (χ2n) is 6.76. The van der Waals surface area contributed by atoms with Gasteiger partial charge in [-0.25, -0.2) is 0 Å². The van der Waals surface area contributed by atoms with Crippen LogP contribution in [0.15, 0.2) is 33.5 Å². The molecule has 0 bridgehead atoms. The van der Waals surface area contributed by atoms with E-state index >= 15 is 0 Å². The quantitative estimate of drug-likeness (QED) is 0.786. The molecule has 0 unspecified atom stereocenters. The highest BCUT2D eigenvalue weighted by molar-refractivity contribution is 9.10. The third-order valence-corrected chi connectivity index (χ3v) is 6.03. The van der Waals surface area contributed by atoms with Gasteiger partial charge in [-0.15, -0.1) is 0 Å². The normalized spacial score (nSPS) is 24.0. The summed E-state index contributed by atoms with van der Waals surface area (Å²) in [5, 5.41) is 4.24. The molecule has 2 aromatic rings. The summed E-state index contributed by atoms with van der Waals surface area (Å²) in [4.78, 5) is 29.9. The molecule has 5 nitrogen and oxygen atoms in total. The topological polar surface area (TPSA) is 65.2 Å². The molecule has 1 aromatic heterocycles. The Morgan fingerprint density at radius 2 is 1.88 bits per heavy atom. The molecule has 2 aliphatic rings. The van der Waals surface area contributed by atoms with Crippen LogP contribution in [0.2, 0.25) is 0 Å². The van der Waals surface area contributed by atoms with Crippen LogP contribution in [0.3, 0.4) is 0 Å². The number of nitrogens with one attached hydrogen (secondary N) is 2. The van der Waals surface area contributed by atoms with Gasteiger partial charge in [-0.2, -0.15) is 0 Å². The third kappa shape index (κ3) is 2.78. The smallest absolute Gasteiger partial charge is 0.254 e. The predicted octanol–water partition coefficient (Wildman–Crippen LogP) is 2.36. The molecule has 1 aromatic carbocycles. The zero-order valence-corrected chi connectivity index (χ0v) is 14.9. The van der Waals surface area contributed by atoms with Crippen molar-refractivity contribution in [3.63, 3.8) is 0 Å². The summed E-state index contributed by atoms with van der Waals surface area (Å²) in [6, 6.07) is 7.08. The van der Waals surface area contributed by atoms with Gasteiger partial charge in [0.1, 0.15) is 0 Å². The predicted molar refractivity (Wildman–Crippen MR) is 97.3 cm³/mol. The number of carbonyl (C=O) groups excluding carboxylic acids is 1. The van der Waals surface area contributed by atoms with Gasteiger partial charge in [-0.05, 0) is 59.8 Å². The Hall–Kier alpha value is -1.66. The molecule has 0 radical (unpaired) electrons. The third-order valence-electron chi connectivity index (χ3n) is 5.36. The number of rotatable bonds is 1. The van der Waals surface area contributed by atoms with E-state index in [2.05, 4.69) is 26.2 Å². The van der Waals surface area contributed by atoms with Crippen molar-refractivity contribution >= 4 is 32.7 Å². The minimum atomic E-state index is -0.242. The first kappa shape index (κ1) is 15.8. The molecule has 0 aliphatic carbocycles. The van der Waals surface area contributed by atoms with Crippen molar-refractivity contribution in [3.05, 3.63) is 44.7 Å². The van der Waals surface area contributed by atoms with Crippen LogP contribution in [0.25, 0.3) is 10.9 Å². The second-order valence-corrected chi connectivity index (χ2v) is 7.61. The fourth-order valence-corrected chi connectivity index (χ4v) is 4.48. The van der Waals surface area contributed by atoms with Gasteiger partial charge < -0.3 is 15.2 Å². The van der Waals surface area contributed by atoms with Crippen molar-refractivity contribution in [2.75, 3.05) is 26.2 Å². The average Bonchev–Trinajstić information content (AvgIpc) is 2.93. The number of pyridine rings is 1. The molecule has 2 N–H and O–H groups in total. The number of fused-ring (bicyclic) bond motifs is 2. The van der Waals surface area contributed by atoms with Crippen LogP contribution in [-0.2, 0) is 0 Å². The Morgan fingerprint density at radius 1 is 1.17 bits per heavy atom. The van der Waals surface area contributed by atoms with Gasteiger partial charge in [0.05, 0.1) is 11.1 Å². The van der Waals surface area contributed by atoms with Gasteiger partial charge >= 0.3 is 0 Å². The molecule has 24 heavy (non-hydrogen) atoms. The second kappa shape index (κ2) is 6.33. The number of likely N-dealkylation sites (tertiary alicyclic amines) is 1. The van der Waals surface area contributed by atoms with Crippen LogP contribution < -0.4 is 10.9 Å². The van der Waals surface area contributed by atoms with E-state index in [-0.39, 0.29) is 11.5 Å². The van der Waals surface area contributed by atoms with Crippen molar-refractivity contribution in [1.82, 2.24) is 15.2 Å². The van der Waals surface area contributed by atoms with Crippen LogP contribution in [0.4, 0.5) is 0 Å². The van der Waals surface area contributed by atoms with Gasteiger partial charge in [-0.3, -0.25) is 9.59 Å². The summed E-state index contributed by atoms with van der Waals surface area (Å²) in [6.45, 7) is 3.66. The SMILES string of the molecule is O=C(c1cc(=O)[nH]c2c(Br)cccc12)N1CC[C@@H]2CNC[C@@H]2CC1. The van der Waals surface area contributed by atoms with E-state index in [0.29, 0.717) is 22.9 Å². The van der Waals surface area contributed by atoms with Gasteiger partial charge in [0.25, 0.3) is 5.91 Å². The Balaban J connectivity index is 1.68. The highest BCUT2D eigenvalue weighted by atomic mass is 79.9. The Morgan fingerprint density at radius 3 is 2.58 bits per heavy atom. The van der Waals surface area contributed by atoms with Crippen molar-refractivity contribution in [3.8, 4) is 0 Å². The average molecular weight is 390 g/mol. The molecule has 126 valence electrons. The number of hydrogen-bond donors (Lipinski definition) is 2. The minimum absolute atomic E-state index is 0.0304. The molecule has 4 rings (SSSR count). The lowest BCUT2D eigenvalue weighted by Gasteiger charge is -2.21. The summed E-state index contributed by atoms with van der Waals surface area (Å²) in [7, 11) is 0. The number of H-pyrrole nitrogens is 1. The van der Waals surface area contributed by atoms with Gasteiger partial charge in [-0.1, -0.05) is 12.1 Å². The number of para-hydroxylation sites is 1. The number of hydrogen-bond acceptors (Lipinski definition) is 3. The Labute approximate surface area is 148 Å². The zero-order chi connectivity index (χ0) is 16.7. The van der Waals surface area contributed by atoms with Crippen LogP contribution in [0, 0.1) is 11.8 Å². The Bertz CT molecular complexity index is 834. The van der Waals surface area contributed by atoms with E-state index in [9.17, 15) is 9.59 Å². The van der Waals surface area contributed by atoms with Crippen LogP contribution in [0.1, 0.15) is 23.2 Å². The van der Waals surface area contributed by atoms with E-state index in [1.54, 1.807) is 0 Å². The van der Waals surface area contributed by atoms with Gasteiger partial charge in [0.15, 0.2) is 0 Å². The molecule has 1 amide bonds. The largest absolute Gasteiger partial charge is 0.339 e. The Kier molecular flexibility index (Phi) is 4.18. The molecule has 2 saturated heterocycles. The van der Waals surface area contributed by atoms with Crippen molar-refractivity contribution in [1.29, 1.82) is 0 Å². The number of halogens is 1. The fraction of sp³-hybridized carbons (Fsp3) is 0.444. The minimum Gasteiger partial charge on any atom is -0.339 e. The monoisotopic (exact) mass is 389 g/mol. The fourth-order valence-electron chi connectivity index (χ4n) is 4.01. The van der Waals surface area contributed by atoms with Crippen LogP contribution >= 0.6 is 15.9 Å². The summed E-state index contributed by atoms with van der Waals surface area (Å²) >= 11 is 3.45. The maximum Gasteiger partial charge on any atom is 0.254 e. The molecule has 0 saturated carbocycles. The van der Waals surface area contributed by atoms with E-state index in [4.69, 9.17) is 0 Å². The van der Waals surface area contributed by atoms with E-state index in [0.717, 1.165) is 48.9 Å². The molecule has 2 atom stereocenters. The summed E-state index contributed by atoms with van der Waals surface area (Å²) in [5.41, 5.74) is 0.943. The van der Waals surface area contributed by atoms with Gasteiger partial charge in [0, 0.05) is 29.0 Å². The molecular weight excluding hydrogens is 370 g/mol. The van der Waals surface area contributed by atoms with Crippen molar-refractivity contribution in [2.45, 2.75) is 12.8 Å². The molecule has 6 heteroatoms. The summed E-state index contributed by atoms with van der Waals surface area (Å²) in [5.74, 6) is 1.32. The molecule has 0 spiro atoms. The first-order valence-electron chi connectivity index (χ1n) is 8.45. The number of carbonyl (C=O) groups is 1. The van der Waals surface area contributed by atoms with Crippen LogP contribution in [-0.4, -0.2) is 42.0 Å². The molecule has 3 heterocycles. The zero-order valence-electron chi connectivity index (χ0n) is 13.3. The van der Waals surface area contributed by atoms with E-state index < -0.39 is 0 Å². The maximum absolute atomic E-state index is 13.1. The van der Waals surface area contributed by atoms with Crippen molar-refractivity contribution < 1.29 is 4.79 Å². The lowest BCUT2D eigenvalue weighted by atomic mass is 9.92. The number of aromatic amines is 1.